The Hall–Kier alpha value is -2.04. The van der Waals surface area contributed by atoms with Gasteiger partial charge in [-0.15, -0.1) is 0 Å². The maximum atomic E-state index is 10.3. The van der Waals surface area contributed by atoms with Crippen LogP contribution in [-0.4, -0.2) is 25.7 Å². The SMILES string of the molecule is Cc1c(C)c2c(c(C)c1O)CC[C@@](C)(CCCCCCCCCn1nccn1)O2. The van der Waals surface area contributed by atoms with Gasteiger partial charge in [0.2, 0.25) is 0 Å². The van der Waals surface area contributed by atoms with E-state index in [2.05, 4.69) is 24.0 Å². The molecule has 0 saturated heterocycles. The summed E-state index contributed by atoms with van der Waals surface area (Å²) in [6, 6.07) is 0. The number of rotatable bonds is 10. The molecule has 1 aliphatic heterocycles. The number of phenols is 1. The van der Waals surface area contributed by atoms with Crippen LogP contribution in [0.4, 0.5) is 0 Å². The van der Waals surface area contributed by atoms with Crippen molar-refractivity contribution in [3.8, 4) is 11.5 Å². The van der Waals surface area contributed by atoms with Gasteiger partial charge >= 0.3 is 0 Å². The summed E-state index contributed by atoms with van der Waals surface area (Å²) in [4.78, 5) is 1.77. The summed E-state index contributed by atoms with van der Waals surface area (Å²) >= 11 is 0. The van der Waals surface area contributed by atoms with E-state index in [9.17, 15) is 5.11 Å². The fourth-order valence-electron chi connectivity index (χ4n) is 4.47. The van der Waals surface area contributed by atoms with E-state index in [1.807, 2.05) is 13.8 Å². The first-order valence-corrected chi connectivity index (χ1v) is 11.3. The molecule has 0 radical (unpaired) electrons. The fraction of sp³-hybridized carbons (Fsp3) is 0.667. The van der Waals surface area contributed by atoms with Crippen molar-refractivity contribution in [1.82, 2.24) is 15.0 Å². The first kappa shape index (κ1) is 21.7. The molecule has 0 amide bonds. The molecule has 2 aromatic rings. The van der Waals surface area contributed by atoms with Crippen molar-refractivity contribution in [1.29, 1.82) is 0 Å². The molecule has 0 bridgehead atoms. The topological polar surface area (TPSA) is 60.2 Å². The highest BCUT2D eigenvalue weighted by atomic mass is 16.5. The number of aromatic hydroxyl groups is 1. The number of benzene rings is 1. The van der Waals surface area contributed by atoms with Gasteiger partial charge in [-0.05, 0) is 76.5 Å². The van der Waals surface area contributed by atoms with Crippen LogP contribution in [0.2, 0.25) is 0 Å². The van der Waals surface area contributed by atoms with Crippen LogP contribution in [-0.2, 0) is 13.0 Å². The second-order valence-electron chi connectivity index (χ2n) is 8.93. The zero-order chi connectivity index (χ0) is 20.9. The van der Waals surface area contributed by atoms with Crippen LogP contribution in [0, 0.1) is 20.8 Å². The van der Waals surface area contributed by atoms with Crippen LogP contribution < -0.4 is 4.74 Å². The van der Waals surface area contributed by atoms with E-state index in [-0.39, 0.29) is 5.60 Å². The molecular weight excluding hydrogens is 362 g/mol. The number of ether oxygens (including phenoxy) is 1. The largest absolute Gasteiger partial charge is 0.507 e. The number of aromatic nitrogens is 3. The van der Waals surface area contributed by atoms with Gasteiger partial charge in [0.25, 0.3) is 0 Å². The molecule has 1 N–H and O–H groups in total. The smallest absolute Gasteiger partial charge is 0.127 e. The van der Waals surface area contributed by atoms with Crippen LogP contribution in [0.1, 0.15) is 87.0 Å². The lowest BCUT2D eigenvalue weighted by Crippen LogP contribution is -2.37. The molecule has 1 aliphatic rings. The average molecular weight is 400 g/mol. The Kier molecular flexibility index (Phi) is 7.20. The molecule has 1 aromatic heterocycles. The van der Waals surface area contributed by atoms with E-state index >= 15 is 0 Å². The molecule has 0 spiro atoms. The Morgan fingerprint density at radius 1 is 0.931 bits per heavy atom. The molecule has 0 saturated carbocycles. The first-order valence-electron chi connectivity index (χ1n) is 11.3. The van der Waals surface area contributed by atoms with Gasteiger partial charge in [0.05, 0.1) is 18.9 Å². The first-order chi connectivity index (χ1) is 13.9. The van der Waals surface area contributed by atoms with Crippen molar-refractivity contribution >= 4 is 0 Å². The standard InChI is InChI=1S/C24H37N3O2/c1-18-19(2)23-21(20(3)22(18)28)12-14-24(4,29-23)13-10-8-6-5-7-9-11-17-27-25-15-16-26-27/h15-16,28H,5-14,17H2,1-4H3/t24-/m1/s1. The summed E-state index contributed by atoms with van der Waals surface area (Å²) in [6.07, 6.45) is 15.4. The number of hydrogen-bond acceptors (Lipinski definition) is 4. The molecular formula is C24H37N3O2. The maximum absolute atomic E-state index is 10.3. The highest BCUT2D eigenvalue weighted by Gasteiger charge is 2.34. The molecule has 0 fully saturated rings. The number of hydrogen-bond donors (Lipinski definition) is 1. The van der Waals surface area contributed by atoms with E-state index in [0.717, 1.165) is 54.7 Å². The van der Waals surface area contributed by atoms with Gasteiger partial charge < -0.3 is 9.84 Å². The summed E-state index contributed by atoms with van der Waals surface area (Å²) in [5.41, 5.74) is 4.17. The van der Waals surface area contributed by atoms with Gasteiger partial charge in [-0.2, -0.15) is 15.0 Å². The molecule has 3 rings (SSSR count). The molecule has 29 heavy (non-hydrogen) atoms. The number of phenolic OH excluding ortho intramolecular Hbond substituents is 1. The average Bonchev–Trinajstić information content (AvgIpc) is 3.23. The third kappa shape index (κ3) is 5.31. The normalized spacial score (nSPS) is 18.5. The summed E-state index contributed by atoms with van der Waals surface area (Å²) in [7, 11) is 0. The second-order valence-corrected chi connectivity index (χ2v) is 8.93. The minimum Gasteiger partial charge on any atom is -0.507 e. The Balaban J connectivity index is 1.36. The Labute approximate surface area is 175 Å². The molecule has 160 valence electrons. The lowest BCUT2D eigenvalue weighted by Gasteiger charge is -2.38. The van der Waals surface area contributed by atoms with Crippen molar-refractivity contribution in [3.05, 3.63) is 34.6 Å². The van der Waals surface area contributed by atoms with Crippen molar-refractivity contribution < 1.29 is 9.84 Å². The lowest BCUT2D eigenvalue weighted by molar-refractivity contribution is 0.0521. The van der Waals surface area contributed by atoms with Crippen LogP contribution in [0.5, 0.6) is 11.5 Å². The van der Waals surface area contributed by atoms with Crippen LogP contribution in [0.15, 0.2) is 12.4 Å². The highest BCUT2D eigenvalue weighted by Crippen LogP contribution is 2.44. The van der Waals surface area contributed by atoms with Crippen LogP contribution in [0.25, 0.3) is 0 Å². The minimum atomic E-state index is -0.0790. The van der Waals surface area contributed by atoms with Crippen LogP contribution >= 0.6 is 0 Å². The van der Waals surface area contributed by atoms with Crippen molar-refractivity contribution in [2.24, 2.45) is 0 Å². The predicted octanol–water partition coefficient (Wildman–Crippen LogP) is 5.81. The monoisotopic (exact) mass is 399 g/mol. The molecule has 1 aromatic carbocycles. The number of aryl methyl sites for hydroxylation is 1. The Bertz CT molecular complexity index is 801. The zero-order valence-corrected chi connectivity index (χ0v) is 18.6. The van der Waals surface area contributed by atoms with Gasteiger partial charge in [-0.25, -0.2) is 0 Å². The van der Waals surface area contributed by atoms with Gasteiger partial charge in [-0.1, -0.05) is 32.1 Å². The van der Waals surface area contributed by atoms with Gasteiger partial charge in [0, 0.05) is 5.56 Å². The molecule has 1 atom stereocenters. The number of nitrogens with zero attached hydrogens (tertiary/aromatic N) is 3. The summed E-state index contributed by atoms with van der Waals surface area (Å²) < 4.78 is 6.54. The van der Waals surface area contributed by atoms with Gasteiger partial charge in [0.15, 0.2) is 0 Å². The summed E-state index contributed by atoms with van der Waals surface area (Å²) in [5, 5.41) is 18.6. The molecule has 0 aliphatic carbocycles. The molecule has 5 heteroatoms. The lowest BCUT2D eigenvalue weighted by atomic mass is 9.84. The third-order valence-electron chi connectivity index (χ3n) is 6.62. The van der Waals surface area contributed by atoms with Gasteiger partial charge in [-0.3, -0.25) is 0 Å². The van der Waals surface area contributed by atoms with Crippen molar-refractivity contribution in [3.63, 3.8) is 0 Å². The van der Waals surface area contributed by atoms with Crippen molar-refractivity contribution in [2.75, 3.05) is 0 Å². The maximum Gasteiger partial charge on any atom is 0.127 e. The minimum absolute atomic E-state index is 0.0790. The summed E-state index contributed by atoms with van der Waals surface area (Å²) in [6.45, 7) is 9.26. The number of fused-ring (bicyclic) bond motifs is 1. The molecule has 5 nitrogen and oxygen atoms in total. The van der Waals surface area contributed by atoms with E-state index < -0.39 is 0 Å². The van der Waals surface area contributed by atoms with Gasteiger partial charge in [0.1, 0.15) is 17.1 Å². The number of unbranched alkanes of at least 4 members (excludes halogenated alkanes) is 6. The summed E-state index contributed by atoms with van der Waals surface area (Å²) in [5.74, 6) is 1.47. The molecule has 0 unspecified atom stereocenters. The van der Waals surface area contributed by atoms with Crippen molar-refractivity contribution in [2.45, 2.75) is 104 Å². The van der Waals surface area contributed by atoms with E-state index in [1.54, 1.807) is 17.2 Å². The highest BCUT2D eigenvalue weighted by molar-refractivity contribution is 5.58. The third-order valence-corrected chi connectivity index (χ3v) is 6.62. The van der Waals surface area contributed by atoms with E-state index in [1.165, 1.54) is 44.1 Å². The quantitative estimate of drug-likeness (QED) is 0.512. The van der Waals surface area contributed by atoms with E-state index in [0.29, 0.717) is 5.75 Å². The Morgan fingerprint density at radius 3 is 2.24 bits per heavy atom. The van der Waals surface area contributed by atoms with Crippen LogP contribution in [0.3, 0.4) is 0 Å². The predicted molar refractivity (Wildman–Crippen MR) is 117 cm³/mol. The zero-order valence-electron chi connectivity index (χ0n) is 18.6. The fourth-order valence-corrected chi connectivity index (χ4v) is 4.47. The second kappa shape index (κ2) is 9.64. The van der Waals surface area contributed by atoms with E-state index in [4.69, 9.17) is 4.74 Å². The molecule has 2 heterocycles. The Morgan fingerprint density at radius 2 is 1.55 bits per heavy atom.